The van der Waals surface area contributed by atoms with Crippen LogP contribution >= 0.6 is 0 Å². The van der Waals surface area contributed by atoms with E-state index in [1.165, 1.54) is 11.3 Å². The van der Waals surface area contributed by atoms with Gasteiger partial charge in [0.15, 0.2) is 0 Å². The van der Waals surface area contributed by atoms with Crippen molar-refractivity contribution in [3.05, 3.63) is 29.6 Å². The summed E-state index contributed by atoms with van der Waals surface area (Å²) in [6.07, 6.45) is 7.82. The van der Waals surface area contributed by atoms with E-state index in [2.05, 4.69) is 63.6 Å². The predicted octanol–water partition coefficient (Wildman–Crippen LogP) is 4.65. The second kappa shape index (κ2) is 9.99. The molecule has 4 nitrogen and oxygen atoms in total. The fourth-order valence-electron chi connectivity index (χ4n) is 3.15. The van der Waals surface area contributed by atoms with E-state index in [-0.39, 0.29) is 11.1 Å². The first-order valence-corrected chi connectivity index (χ1v) is 10.6. The normalized spacial score (nSPS) is 16.5. The van der Waals surface area contributed by atoms with E-state index in [1.807, 2.05) is 6.20 Å². The van der Waals surface area contributed by atoms with Crippen molar-refractivity contribution < 1.29 is 9.47 Å². The maximum absolute atomic E-state index is 5.97. The van der Waals surface area contributed by atoms with Crippen molar-refractivity contribution in [2.75, 3.05) is 26.3 Å². The minimum Gasteiger partial charge on any atom is -0.376 e. The molecule has 1 fully saturated rings. The van der Waals surface area contributed by atoms with Gasteiger partial charge in [0.2, 0.25) is 0 Å². The lowest BCUT2D eigenvalue weighted by atomic mass is 9.99. The summed E-state index contributed by atoms with van der Waals surface area (Å²) in [7, 11) is 0. The molecule has 0 radical (unpaired) electrons. The van der Waals surface area contributed by atoms with Crippen LogP contribution in [0.1, 0.15) is 72.1 Å². The highest BCUT2D eigenvalue weighted by atomic mass is 16.5. The number of hydrogen-bond acceptors (Lipinski definition) is 4. The fourth-order valence-corrected chi connectivity index (χ4v) is 3.15. The van der Waals surface area contributed by atoms with E-state index in [9.17, 15) is 0 Å². The second-order valence-corrected chi connectivity index (χ2v) is 9.75. The van der Waals surface area contributed by atoms with Crippen LogP contribution in [0, 0.1) is 0 Å². The van der Waals surface area contributed by atoms with Crippen molar-refractivity contribution in [3.8, 4) is 0 Å². The van der Waals surface area contributed by atoms with Crippen LogP contribution in [-0.2, 0) is 22.3 Å². The minimum atomic E-state index is -0.0302. The van der Waals surface area contributed by atoms with Gasteiger partial charge in [0.05, 0.1) is 11.7 Å². The molecule has 154 valence electrons. The van der Waals surface area contributed by atoms with Gasteiger partial charge in [-0.3, -0.25) is 9.88 Å². The Morgan fingerprint density at radius 3 is 2.30 bits per heavy atom. The number of aryl methyl sites for hydroxylation is 2. The van der Waals surface area contributed by atoms with E-state index in [4.69, 9.17) is 9.47 Å². The quantitative estimate of drug-likeness (QED) is 0.557. The summed E-state index contributed by atoms with van der Waals surface area (Å²) in [5.74, 6) is 0. The molecule has 1 saturated heterocycles. The van der Waals surface area contributed by atoms with Crippen molar-refractivity contribution in [2.45, 2.75) is 90.9 Å². The summed E-state index contributed by atoms with van der Waals surface area (Å²) in [6, 6.07) is 4.40. The number of hydrogen-bond donors (Lipinski definition) is 0. The molecular formula is C23H40N2O2. The van der Waals surface area contributed by atoms with Crippen LogP contribution in [-0.4, -0.2) is 53.4 Å². The fraction of sp³-hybridized carbons (Fsp3) is 0.783. The highest BCUT2D eigenvalue weighted by molar-refractivity contribution is 5.14. The highest BCUT2D eigenvalue weighted by Gasteiger charge is 2.34. The molecule has 1 aromatic rings. The van der Waals surface area contributed by atoms with Crippen LogP contribution < -0.4 is 0 Å². The molecule has 1 aromatic heterocycles. The Bertz CT molecular complexity index is 537. The molecule has 4 heteroatoms. The molecule has 1 aliphatic heterocycles. The standard InChI is InChI=1S/C23H40N2O2/c1-22(2,3)25-17-21(18-25)26-14-9-11-20-13-12-19(16-24-20)10-7-8-15-27-23(4,5)6/h12-13,16,21H,7-11,14-15,17-18H2,1-6H3. The Balaban J connectivity index is 1.53. The van der Waals surface area contributed by atoms with Crippen molar-refractivity contribution >= 4 is 0 Å². The third-order valence-electron chi connectivity index (χ3n) is 5.01. The average molecular weight is 377 g/mol. The Hall–Kier alpha value is -0.970. The zero-order valence-corrected chi connectivity index (χ0v) is 18.4. The SMILES string of the molecule is CC(C)(C)OCCCCc1ccc(CCCOC2CN(C(C)(C)C)C2)nc1. The average Bonchev–Trinajstić information content (AvgIpc) is 2.51. The Labute approximate surface area is 166 Å². The maximum Gasteiger partial charge on any atom is 0.0829 e. The lowest BCUT2D eigenvalue weighted by molar-refractivity contribution is -0.0889. The predicted molar refractivity (Wildman–Crippen MR) is 112 cm³/mol. The molecule has 0 atom stereocenters. The molecule has 2 heterocycles. The van der Waals surface area contributed by atoms with Crippen LogP contribution in [0.4, 0.5) is 0 Å². The van der Waals surface area contributed by atoms with Crippen LogP contribution in [0.2, 0.25) is 0 Å². The largest absolute Gasteiger partial charge is 0.376 e. The van der Waals surface area contributed by atoms with Crippen LogP contribution in [0.25, 0.3) is 0 Å². The number of rotatable bonds is 10. The Kier molecular flexibility index (Phi) is 8.26. The Morgan fingerprint density at radius 1 is 0.963 bits per heavy atom. The molecule has 1 aliphatic rings. The first-order chi connectivity index (χ1) is 12.6. The van der Waals surface area contributed by atoms with Crippen molar-refractivity contribution in [3.63, 3.8) is 0 Å². The topological polar surface area (TPSA) is 34.6 Å². The van der Waals surface area contributed by atoms with Crippen LogP contribution in [0.15, 0.2) is 18.3 Å². The van der Waals surface area contributed by atoms with Gasteiger partial charge in [-0.25, -0.2) is 0 Å². The van der Waals surface area contributed by atoms with Gasteiger partial charge in [-0.05, 0) is 85.3 Å². The first kappa shape index (κ1) is 22.3. The molecule has 0 aromatic carbocycles. The summed E-state index contributed by atoms with van der Waals surface area (Å²) in [5.41, 5.74) is 2.73. The molecule has 0 aliphatic carbocycles. The summed E-state index contributed by atoms with van der Waals surface area (Å²) in [5, 5.41) is 0. The van der Waals surface area contributed by atoms with Crippen molar-refractivity contribution in [2.24, 2.45) is 0 Å². The van der Waals surface area contributed by atoms with Crippen molar-refractivity contribution in [1.29, 1.82) is 0 Å². The van der Waals surface area contributed by atoms with Gasteiger partial charge >= 0.3 is 0 Å². The molecule has 0 unspecified atom stereocenters. The van der Waals surface area contributed by atoms with Crippen LogP contribution in [0.5, 0.6) is 0 Å². The van der Waals surface area contributed by atoms with E-state index < -0.39 is 0 Å². The molecule has 0 saturated carbocycles. The summed E-state index contributed by atoms with van der Waals surface area (Å²) >= 11 is 0. The molecular weight excluding hydrogens is 336 g/mol. The lowest BCUT2D eigenvalue weighted by Gasteiger charge is -2.47. The summed E-state index contributed by atoms with van der Waals surface area (Å²) in [4.78, 5) is 7.08. The van der Waals surface area contributed by atoms with Gasteiger partial charge in [-0.1, -0.05) is 6.07 Å². The third-order valence-corrected chi connectivity index (χ3v) is 5.01. The number of nitrogens with zero attached hydrogens (tertiary/aromatic N) is 2. The molecule has 27 heavy (non-hydrogen) atoms. The zero-order valence-electron chi connectivity index (χ0n) is 18.4. The molecule has 0 amide bonds. The second-order valence-electron chi connectivity index (χ2n) is 9.75. The Morgan fingerprint density at radius 2 is 1.70 bits per heavy atom. The number of likely N-dealkylation sites (tertiary alicyclic amines) is 1. The molecule has 0 N–H and O–H groups in total. The zero-order chi connectivity index (χ0) is 19.9. The number of unbranched alkanes of at least 4 members (excludes halogenated alkanes) is 1. The van der Waals surface area contributed by atoms with E-state index in [0.29, 0.717) is 6.10 Å². The molecule has 0 spiro atoms. The number of aromatic nitrogens is 1. The van der Waals surface area contributed by atoms with E-state index in [1.54, 1.807) is 0 Å². The maximum atomic E-state index is 5.97. The lowest BCUT2D eigenvalue weighted by Crippen LogP contribution is -2.59. The summed E-state index contributed by atoms with van der Waals surface area (Å²) in [6.45, 7) is 16.9. The minimum absolute atomic E-state index is 0.0302. The molecule has 2 rings (SSSR count). The van der Waals surface area contributed by atoms with Gasteiger partial charge in [0.25, 0.3) is 0 Å². The van der Waals surface area contributed by atoms with Crippen molar-refractivity contribution in [1.82, 2.24) is 9.88 Å². The number of ether oxygens (including phenoxy) is 2. The number of pyridine rings is 1. The van der Waals surface area contributed by atoms with Gasteiger partial charge < -0.3 is 9.47 Å². The summed E-state index contributed by atoms with van der Waals surface area (Å²) < 4.78 is 11.7. The van der Waals surface area contributed by atoms with Gasteiger partial charge in [0.1, 0.15) is 0 Å². The smallest absolute Gasteiger partial charge is 0.0829 e. The van der Waals surface area contributed by atoms with E-state index in [0.717, 1.165) is 58.4 Å². The van der Waals surface area contributed by atoms with Gasteiger partial charge in [0, 0.05) is 43.7 Å². The monoisotopic (exact) mass is 376 g/mol. The first-order valence-electron chi connectivity index (χ1n) is 10.6. The van der Waals surface area contributed by atoms with Crippen LogP contribution in [0.3, 0.4) is 0 Å². The van der Waals surface area contributed by atoms with Gasteiger partial charge in [-0.15, -0.1) is 0 Å². The van der Waals surface area contributed by atoms with E-state index >= 15 is 0 Å². The highest BCUT2D eigenvalue weighted by Crippen LogP contribution is 2.22. The third kappa shape index (κ3) is 8.71. The van der Waals surface area contributed by atoms with Gasteiger partial charge in [-0.2, -0.15) is 0 Å². The molecule has 0 bridgehead atoms.